The molecule has 1 spiro atoms. The Morgan fingerprint density at radius 3 is 2.79 bits per heavy atom. The first-order chi connectivity index (χ1) is 11.8. The molecule has 0 saturated carbocycles. The third-order valence-corrected chi connectivity index (χ3v) is 5.45. The normalized spacial score (nSPS) is 27.5. The van der Waals surface area contributed by atoms with E-state index in [1.54, 1.807) is 12.4 Å². The number of ether oxygens (including phenoxy) is 2. The zero-order valence-electron chi connectivity index (χ0n) is 13.9. The van der Waals surface area contributed by atoms with Crippen LogP contribution in [0.3, 0.4) is 0 Å². The van der Waals surface area contributed by atoms with E-state index in [0.717, 1.165) is 45.6 Å². The van der Waals surface area contributed by atoms with Crippen LogP contribution < -0.4 is 0 Å². The van der Waals surface area contributed by atoms with Crippen molar-refractivity contribution in [1.29, 1.82) is 0 Å². The van der Waals surface area contributed by atoms with Crippen molar-refractivity contribution in [3.05, 3.63) is 24.3 Å². The molecular formula is C17H24N4O3. The molecule has 0 aromatic carbocycles. The summed E-state index contributed by atoms with van der Waals surface area (Å²) in [5.74, 6) is -0.0441. The highest BCUT2D eigenvalue weighted by atomic mass is 16.5. The predicted octanol–water partition coefficient (Wildman–Crippen LogP) is 0.572. The van der Waals surface area contributed by atoms with Gasteiger partial charge in [-0.3, -0.25) is 14.7 Å². The topological polar surface area (TPSA) is 67.8 Å². The molecule has 4 rings (SSSR count). The second kappa shape index (κ2) is 6.74. The molecule has 1 aromatic rings. The summed E-state index contributed by atoms with van der Waals surface area (Å²) in [5.41, 5.74) is 0.210. The Balaban J connectivity index is 1.39. The van der Waals surface area contributed by atoms with Crippen molar-refractivity contribution in [3.8, 4) is 0 Å². The van der Waals surface area contributed by atoms with Crippen LogP contribution in [-0.2, 0) is 9.47 Å². The first-order valence-corrected chi connectivity index (χ1v) is 8.77. The molecular weight excluding hydrogens is 308 g/mol. The molecule has 0 bridgehead atoms. The van der Waals surface area contributed by atoms with Gasteiger partial charge in [0.2, 0.25) is 0 Å². The quantitative estimate of drug-likeness (QED) is 0.789. The fraction of sp³-hybridized carbons (Fsp3) is 0.706. The lowest BCUT2D eigenvalue weighted by Gasteiger charge is -2.48. The maximum atomic E-state index is 12.6. The highest BCUT2D eigenvalue weighted by molar-refractivity contribution is 5.92. The van der Waals surface area contributed by atoms with Gasteiger partial charge >= 0.3 is 0 Å². The van der Waals surface area contributed by atoms with Crippen LogP contribution in [0.2, 0.25) is 0 Å². The van der Waals surface area contributed by atoms with E-state index in [4.69, 9.17) is 9.47 Å². The molecule has 7 heteroatoms. The molecule has 4 heterocycles. The van der Waals surface area contributed by atoms with Gasteiger partial charge in [-0.2, -0.15) is 0 Å². The summed E-state index contributed by atoms with van der Waals surface area (Å²) in [5, 5.41) is 0. The number of likely N-dealkylation sites (tertiary alicyclic amines) is 1. The molecule has 0 aliphatic carbocycles. The number of rotatable bonds is 2. The van der Waals surface area contributed by atoms with Crippen molar-refractivity contribution in [2.24, 2.45) is 0 Å². The smallest absolute Gasteiger partial charge is 0.274 e. The maximum Gasteiger partial charge on any atom is 0.274 e. The zero-order chi connectivity index (χ0) is 16.4. The van der Waals surface area contributed by atoms with Crippen LogP contribution in [0.1, 0.15) is 29.8 Å². The average molecular weight is 332 g/mol. The van der Waals surface area contributed by atoms with Crippen molar-refractivity contribution in [3.63, 3.8) is 0 Å². The third-order valence-electron chi connectivity index (χ3n) is 5.45. The van der Waals surface area contributed by atoms with Gasteiger partial charge in [0.1, 0.15) is 5.69 Å². The molecule has 24 heavy (non-hydrogen) atoms. The number of hydrogen-bond donors (Lipinski definition) is 0. The second-order valence-electron chi connectivity index (χ2n) is 6.90. The van der Waals surface area contributed by atoms with Crippen LogP contribution in [0.4, 0.5) is 0 Å². The number of morpholine rings is 1. The van der Waals surface area contributed by atoms with Gasteiger partial charge in [0.05, 0.1) is 31.6 Å². The summed E-state index contributed by atoms with van der Waals surface area (Å²) in [4.78, 5) is 25.2. The molecule has 3 saturated heterocycles. The van der Waals surface area contributed by atoms with E-state index in [0.29, 0.717) is 31.4 Å². The Morgan fingerprint density at radius 1 is 1.21 bits per heavy atom. The molecule has 0 N–H and O–H groups in total. The fourth-order valence-corrected chi connectivity index (χ4v) is 4.00. The number of carbonyl (C=O) groups excluding carboxylic acids is 1. The van der Waals surface area contributed by atoms with Crippen molar-refractivity contribution >= 4 is 5.91 Å². The van der Waals surface area contributed by atoms with E-state index < -0.39 is 0 Å². The van der Waals surface area contributed by atoms with Crippen molar-refractivity contribution < 1.29 is 14.3 Å². The van der Waals surface area contributed by atoms with Crippen LogP contribution in [0.5, 0.6) is 0 Å². The Kier molecular flexibility index (Phi) is 4.47. The lowest BCUT2D eigenvalue weighted by atomic mass is 9.88. The van der Waals surface area contributed by atoms with Crippen molar-refractivity contribution in [2.75, 3.05) is 46.0 Å². The molecule has 0 radical (unpaired) electrons. The molecule has 1 amide bonds. The minimum Gasteiger partial charge on any atom is -0.380 e. The summed E-state index contributed by atoms with van der Waals surface area (Å²) in [6, 6.07) is 0.559. The maximum absolute atomic E-state index is 12.6. The number of carbonyl (C=O) groups is 1. The van der Waals surface area contributed by atoms with Crippen molar-refractivity contribution in [2.45, 2.75) is 30.9 Å². The van der Waals surface area contributed by atoms with E-state index >= 15 is 0 Å². The highest BCUT2D eigenvalue weighted by Crippen LogP contribution is 2.32. The number of hydrogen-bond acceptors (Lipinski definition) is 6. The summed E-state index contributed by atoms with van der Waals surface area (Å²) >= 11 is 0. The number of piperidine rings is 1. The van der Waals surface area contributed by atoms with Gasteiger partial charge in [0.15, 0.2) is 0 Å². The lowest BCUT2D eigenvalue weighted by Crippen LogP contribution is -2.59. The highest BCUT2D eigenvalue weighted by Gasteiger charge is 2.42. The third kappa shape index (κ3) is 3.16. The first kappa shape index (κ1) is 15.9. The zero-order valence-corrected chi connectivity index (χ0v) is 13.9. The molecule has 0 unspecified atom stereocenters. The lowest BCUT2D eigenvalue weighted by molar-refractivity contribution is -0.130. The fourth-order valence-electron chi connectivity index (χ4n) is 4.00. The van der Waals surface area contributed by atoms with E-state index in [2.05, 4.69) is 14.9 Å². The second-order valence-corrected chi connectivity index (χ2v) is 6.90. The predicted molar refractivity (Wildman–Crippen MR) is 86.6 cm³/mol. The van der Waals surface area contributed by atoms with Crippen LogP contribution in [0, 0.1) is 0 Å². The van der Waals surface area contributed by atoms with E-state index in [1.807, 2.05) is 4.90 Å². The number of amides is 1. The molecule has 3 aliphatic rings. The minimum absolute atomic E-state index is 0.0441. The Bertz CT molecular complexity index is 568. The Morgan fingerprint density at radius 2 is 2.08 bits per heavy atom. The van der Waals surface area contributed by atoms with Gasteiger partial charge in [0.25, 0.3) is 5.91 Å². The molecule has 1 aromatic heterocycles. The van der Waals surface area contributed by atoms with Gasteiger partial charge in [-0.1, -0.05) is 0 Å². The molecule has 7 nitrogen and oxygen atoms in total. The van der Waals surface area contributed by atoms with Crippen LogP contribution >= 0.6 is 0 Å². The summed E-state index contributed by atoms with van der Waals surface area (Å²) < 4.78 is 11.7. The minimum atomic E-state index is -0.202. The summed E-state index contributed by atoms with van der Waals surface area (Å²) in [7, 11) is 0. The number of aromatic nitrogens is 2. The van der Waals surface area contributed by atoms with Crippen molar-refractivity contribution in [1.82, 2.24) is 19.8 Å². The van der Waals surface area contributed by atoms with Gasteiger partial charge in [-0.15, -0.1) is 0 Å². The summed E-state index contributed by atoms with van der Waals surface area (Å²) in [6.45, 7) is 5.63. The Labute approximate surface area is 142 Å². The average Bonchev–Trinajstić information content (AvgIpc) is 3.17. The molecule has 130 valence electrons. The molecule has 3 aliphatic heterocycles. The monoisotopic (exact) mass is 332 g/mol. The van der Waals surface area contributed by atoms with Gasteiger partial charge in [0, 0.05) is 44.7 Å². The van der Waals surface area contributed by atoms with Gasteiger partial charge in [-0.05, 0) is 19.3 Å². The molecule has 3 fully saturated rings. The standard InChI is InChI=1S/C17H24N4O3/c22-16(15-11-18-4-5-19-15)21-8-10-24-17(13-21)2-6-20(7-3-17)14-1-9-23-12-14/h4-5,11,14H,1-3,6-10,12-13H2/t14-/m1/s1. The van der Waals surface area contributed by atoms with E-state index in [-0.39, 0.29) is 11.5 Å². The van der Waals surface area contributed by atoms with Gasteiger partial charge < -0.3 is 14.4 Å². The van der Waals surface area contributed by atoms with Gasteiger partial charge in [-0.25, -0.2) is 4.98 Å². The largest absolute Gasteiger partial charge is 0.380 e. The summed E-state index contributed by atoms with van der Waals surface area (Å²) in [6.07, 6.45) is 7.74. The Hall–Kier alpha value is -1.57. The number of nitrogens with zero attached hydrogens (tertiary/aromatic N) is 4. The van der Waals surface area contributed by atoms with Crippen LogP contribution in [0.25, 0.3) is 0 Å². The van der Waals surface area contributed by atoms with Crippen LogP contribution in [-0.4, -0.2) is 83.3 Å². The van der Waals surface area contributed by atoms with Crippen LogP contribution in [0.15, 0.2) is 18.6 Å². The first-order valence-electron chi connectivity index (χ1n) is 8.77. The van der Waals surface area contributed by atoms with E-state index in [9.17, 15) is 4.79 Å². The SMILES string of the molecule is O=C(c1cnccn1)N1CCOC2(CCN([C@@H]3CCOC3)CC2)C1. The molecule has 1 atom stereocenters. The van der Waals surface area contributed by atoms with E-state index in [1.165, 1.54) is 6.20 Å².